The molecule has 0 bridgehead atoms. The molecule has 2 fully saturated rings. The normalized spacial score (nSPS) is 36.0. The van der Waals surface area contributed by atoms with Crippen LogP contribution >= 0.6 is 0 Å². The van der Waals surface area contributed by atoms with Gasteiger partial charge >= 0.3 is 0 Å². The summed E-state index contributed by atoms with van der Waals surface area (Å²) >= 11 is 0. The van der Waals surface area contributed by atoms with Crippen molar-refractivity contribution in [3.8, 4) is 0 Å². The van der Waals surface area contributed by atoms with Gasteiger partial charge in [0.05, 0.1) is 6.10 Å². The summed E-state index contributed by atoms with van der Waals surface area (Å²) in [6.45, 7) is 1.79. The van der Waals surface area contributed by atoms with Crippen molar-refractivity contribution in [2.24, 2.45) is 11.7 Å². The molecule has 0 spiro atoms. The molecule has 0 aromatic rings. The molecule has 0 aromatic carbocycles. The number of nitrogens with two attached hydrogens (primary N) is 1. The van der Waals surface area contributed by atoms with E-state index in [1.807, 2.05) is 0 Å². The summed E-state index contributed by atoms with van der Waals surface area (Å²) < 4.78 is 5.71. The summed E-state index contributed by atoms with van der Waals surface area (Å²) in [7, 11) is 0. The van der Waals surface area contributed by atoms with Gasteiger partial charge in [0.15, 0.2) is 0 Å². The molecule has 4 atom stereocenters. The lowest BCUT2D eigenvalue weighted by Gasteiger charge is -2.35. The summed E-state index contributed by atoms with van der Waals surface area (Å²) in [6.07, 6.45) is 7.35. The Labute approximate surface area is 104 Å². The van der Waals surface area contributed by atoms with Gasteiger partial charge in [-0.1, -0.05) is 12.8 Å². The predicted octanol–water partition coefficient (Wildman–Crippen LogP) is 0.633. The molecule has 2 aliphatic rings. The first-order valence-electron chi connectivity index (χ1n) is 7.03. The minimum absolute atomic E-state index is 0.259. The van der Waals surface area contributed by atoms with Crippen molar-refractivity contribution in [3.05, 3.63) is 0 Å². The fourth-order valence-electron chi connectivity index (χ4n) is 3.17. The second kappa shape index (κ2) is 6.69. The predicted molar refractivity (Wildman–Crippen MR) is 67.8 cm³/mol. The van der Waals surface area contributed by atoms with E-state index in [-0.39, 0.29) is 12.1 Å². The fraction of sp³-hybridized carbons (Fsp3) is 1.00. The number of hydrogen-bond acceptors (Lipinski definition) is 4. The summed E-state index contributed by atoms with van der Waals surface area (Å²) in [5.41, 5.74) is 5.85. The molecule has 4 N–H and O–H groups in total. The van der Waals surface area contributed by atoms with Crippen molar-refractivity contribution in [3.63, 3.8) is 0 Å². The highest BCUT2D eigenvalue weighted by molar-refractivity contribution is 4.88. The maximum absolute atomic E-state index is 9.41. The van der Waals surface area contributed by atoms with Crippen LogP contribution in [0.25, 0.3) is 0 Å². The fourth-order valence-corrected chi connectivity index (χ4v) is 3.17. The molecule has 1 aliphatic carbocycles. The van der Waals surface area contributed by atoms with E-state index in [0.717, 1.165) is 32.3 Å². The Hall–Kier alpha value is -0.160. The maximum Gasteiger partial charge on any atom is 0.0741 e. The number of aliphatic hydroxyl groups is 1. The van der Waals surface area contributed by atoms with Crippen LogP contribution in [0.5, 0.6) is 0 Å². The summed E-state index contributed by atoms with van der Waals surface area (Å²) in [5, 5.41) is 13.0. The molecule has 2 rings (SSSR count). The molecule has 4 heteroatoms. The van der Waals surface area contributed by atoms with Crippen molar-refractivity contribution in [1.29, 1.82) is 0 Å². The van der Waals surface area contributed by atoms with Gasteiger partial charge in [-0.15, -0.1) is 0 Å². The second-order valence-electron chi connectivity index (χ2n) is 5.39. The number of hydrogen-bond donors (Lipinski definition) is 3. The molecule has 0 amide bonds. The Kier molecular flexibility index (Phi) is 5.22. The van der Waals surface area contributed by atoms with E-state index >= 15 is 0 Å². The Balaban J connectivity index is 1.87. The van der Waals surface area contributed by atoms with Crippen molar-refractivity contribution in [2.75, 3.05) is 19.8 Å². The van der Waals surface area contributed by atoms with Crippen molar-refractivity contribution < 1.29 is 9.84 Å². The highest BCUT2D eigenvalue weighted by Crippen LogP contribution is 2.25. The van der Waals surface area contributed by atoms with Crippen LogP contribution in [-0.2, 0) is 4.74 Å². The molecule has 4 nitrogen and oxygen atoms in total. The average Bonchev–Trinajstić information content (AvgIpc) is 2.90. The Morgan fingerprint density at radius 1 is 1.24 bits per heavy atom. The van der Waals surface area contributed by atoms with Crippen molar-refractivity contribution >= 4 is 0 Å². The van der Waals surface area contributed by atoms with Gasteiger partial charge in [0.2, 0.25) is 0 Å². The lowest BCUT2D eigenvalue weighted by molar-refractivity contribution is 0.0635. The Morgan fingerprint density at radius 2 is 2.06 bits per heavy atom. The number of ether oxygens (including phenoxy) is 1. The lowest BCUT2D eigenvalue weighted by Crippen LogP contribution is -2.53. The van der Waals surface area contributed by atoms with E-state index in [1.165, 1.54) is 12.8 Å². The zero-order valence-electron chi connectivity index (χ0n) is 10.6. The molecule has 4 unspecified atom stereocenters. The number of nitrogens with one attached hydrogen (secondary N) is 1. The summed E-state index contributed by atoms with van der Waals surface area (Å²) in [6, 6.07) is 0.682. The summed E-state index contributed by atoms with van der Waals surface area (Å²) in [5.74, 6) is 0.402. The molecule has 1 saturated carbocycles. The first-order valence-corrected chi connectivity index (χ1v) is 7.03. The van der Waals surface area contributed by atoms with Crippen LogP contribution in [-0.4, -0.2) is 43.1 Å². The van der Waals surface area contributed by atoms with Crippen LogP contribution in [0.1, 0.15) is 38.5 Å². The minimum atomic E-state index is 0.259. The summed E-state index contributed by atoms with van der Waals surface area (Å²) in [4.78, 5) is 0. The zero-order chi connectivity index (χ0) is 12.1. The Morgan fingerprint density at radius 3 is 2.71 bits per heavy atom. The van der Waals surface area contributed by atoms with Crippen LogP contribution in [0.2, 0.25) is 0 Å². The number of rotatable bonds is 5. The maximum atomic E-state index is 9.41. The molecular formula is C13H26N2O2. The SMILES string of the molecule is NCC(NC1CCCCC1CO)C1CCCO1. The minimum Gasteiger partial charge on any atom is -0.396 e. The van der Waals surface area contributed by atoms with Gasteiger partial charge in [-0.05, 0) is 31.6 Å². The third kappa shape index (κ3) is 3.41. The third-order valence-corrected chi connectivity index (χ3v) is 4.24. The Bertz CT molecular complexity index is 217. The molecular weight excluding hydrogens is 216 g/mol. The zero-order valence-corrected chi connectivity index (χ0v) is 10.6. The molecule has 100 valence electrons. The smallest absolute Gasteiger partial charge is 0.0741 e. The van der Waals surface area contributed by atoms with Crippen LogP contribution in [0.3, 0.4) is 0 Å². The monoisotopic (exact) mass is 242 g/mol. The molecule has 0 radical (unpaired) electrons. The van der Waals surface area contributed by atoms with E-state index in [4.69, 9.17) is 10.5 Å². The third-order valence-electron chi connectivity index (χ3n) is 4.24. The van der Waals surface area contributed by atoms with Gasteiger partial charge < -0.3 is 20.9 Å². The molecule has 1 heterocycles. The van der Waals surface area contributed by atoms with E-state index in [1.54, 1.807) is 0 Å². The lowest BCUT2D eigenvalue weighted by atomic mass is 9.84. The highest BCUT2D eigenvalue weighted by Gasteiger charge is 2.30. The van der Waals surface area contributed by atoms with Crippen molar-refractivity contribution in [2.45, 2.75) is 56.7 Å². The largest absolute Gasteiger partial charge is 0.396 e. The quantitative estimate of drug-likeness (QED) is 0.661. The van der Waals surface area contributed by atoms with Crippen LogP contribution in [0, 0.1) is 5.92 Å². The van der Waals surface area contributed by atoms with Crippen LogP contribution in [0.4, 0.5) is 0 Å². The van der Waals surface area contributed by atoms with E-state index in [2.05, 4.69) is 5.32 Å². The van der Waals surface area contributed by atoms with E-state index < -0.39 is 0 Å². The average molecular weight is 242 g/mol. The molecule has 1 aliphatic heterocycles. The van der Waals surface area contributed by atoms with Crippen LogP contribution < -0.4 is 11.1 Å². The molecule has 0 aromatic heterocycles. The first-order chi connectivity index (χ1) is 8.35. The van der Waals surface area contributed by atoms with E-state index in [0.29, 0.717) is 25.1 Å². The van der Waals surface area contributed by atoms with Gasteiger partial charge in [0.25, 0.3) is 0 Å². The topological polar surface area (TPSA) is 67.5 Å². The second-order valence-corrected chi connectivity index (χ2v) is 5.39. The number of aliphatic hydroxyl groups excluding tert-OH is 1. The molecule has 17 heavy (non-hydrogen) atoms. The van der Waals surface area contributed by atoms with Gasteiger partial charge in [-0.2, -0.15) is 0 Å². The van der Waals surface area contributed by atoms with Crippen molar-refractivity contribution in [1.82, 2.24) is 5.32 Å². The van der Waals surface area contributed by atoms with Gasteiger partial charge in [0.1, 0.15) is 0 Å². The molecule has 1 saturated heterocycles. The first kappa shape index (κ1) is 13.3. The highest BCUT2D eigenvalue weighted by atomic mass is 16.5. The van der Waals surface area contributed by atoms with Gasteiger partial charge in [0, 0.05) is 31.8 Å². The van der Waals surface area contributed by atoms with Crippen LogP contribution in [0.15, 0.2) is 0 Å². The van der Waals surface area contributed by atoms with E-state index in [9.17, 15) is 5.11 Å². The van der Waals surface area contributed by atoms with Gasteiger partial charge in [-0.25, -0.2) is 0 Å². The van der Waals surface area contributed by atoms with Gasteiger partial charge in [-0.3, -0.25) is 0 Å². The standard InChI is InChI=1S/C13H26N2O2/c14-8-12(13-6-3-7-17-13)15-11-5-2-1-4-10(11)9-16/h10-13,15-16H,1-9,14H2.